The van der Waals surface area contributed by atoms with Crippen LogP contribution >= 0.6 is 11.3 Å². The summed E-state index contributed by atoms with van der Waals surface area (Å²) < 4.78 is 23.3. The van der Waals surface area contributed by atoms with E-state index in [1.807, 2.05) is 0 Å². The van der Waals surface area contributed by atoms with Gasteiger partial charge < -0.3 is 0 Å². The number of hydrogen-bond donors (Lipinski definition) is 0. The fourth-order valence-corrected chi connectivity index (χ4v) is 2.72. The predicted octanol–water partition coefficient (Wildman–Crippen LogP) is 1.09. The Kier molecular flexibility index (Phi) is 1.81. The van der Waals surface area contributed by atoms with Gasteiger partial charge in [-0.3, -0.25) is 4.98 Å². The third kappa shape index (κ3) is 1.54. The SMILES string of the molecule is CS(=O)(=O)c1nc2cnccc2s1. The second-order valence-electron chi connectivity index (χ2n) is 2.60. The second-order valence-corrected chi connectivity index (χ2v) is 5.82. The summed E-state index contributed by atoms with van der Waals surface area (Å²) in [6.07, 6.45) is 4.32. The topological polar surface area (TPSA) is 59.9 Å². The Balaban J connectivity index is 2.77. The van der Waals surface area contributed by atoms with Crippen LogP contribution in [0.4, 0.5) is 0 Å². The highest BCUT2D eigenvalue weighted by Gasteiger charge is 2.12. The van der Waals surface area contributed by atoms with Gasteiger partial charge in [0.1, 0.15) is 5.52 Å². The summed E-state index contributed by atoms with van der Waals surface area (Å²) in [6.45, 7) is 0. The zero-order valence-electron chi connectivity index (χ0n) is 6.76. The lowest BCUT2D eigenvalue weighted by Gasteiger charge is -1.85. The van der Waals surface area contributed by atoms with E-state index in [1.54, 1.807) is 18.5 Å². The predicted molar refractivity (Wildman–Crippen MR) is 50.5 cm³/mol. The fourth-order valence-electron chi connectivity index (χ4n) is 0.917. The van der Waals surface area contributed by atoms with Crippen LogP contribution in [0.2, 0.25) is 0 Å². The molecule has 2 aromatic heterocycles. The van der Waals surface area contributed by atoms with Gasteiger partial charge in [0.2, 0.25) is 14.2 Å². The van der Waals surface area contributed by atoms with Crippen molar-refractivity contribution >= 4 is 31.4 Å². The number of rotatable bonds is 1. The van der Waals surface area contributed by atoms with Gasteiger partial charge >= 0.3 is 0 Å². The monoisotopic (exact) mass is 214 g/mol. The molecular formula is C7H6N2O2S2. The molecule has 0 N–H and O–H groups in total. The summed E-state index contributed by atoms with van der Waals surface area (Å²) in [5, 5.41) is 0. The van der Waals surface area contributed by atoms with E-state index in [1.165, 1.54) is 11.3 Å². The molecule has 68 valence electrons. The summed E-state index contributed by atoms with van der Waals surface area (Å²) in [4.78, 5) is 7.81. The first kappa shape index (κ1) is 8.58. The van der Waals surface area contributed by atoms with Gasteiger partial charge in [0, 0.05) is 12.5 Å². The molecule has 0 aliphatic carbocycles. The highest BCUT2D eigenvalue weighted by Crippen LogP contribution is 2.23. The quantitative estimate of drug-likeness (QED) is 0.713. The largest absolute Gasteiger partial charge is 0.262 e. The molecule has 0 amide bonds. The van der Waals surface area contributed by atoms with Crippen molar-refractivity contribution in [3.05, 3.63) is 18.5 Å². The highest BCUT2D eigenvalue weighted by molar-refractivity contribution is 7.92. The summed E-state index contributed by atoms with van der Waals surface area (Å²) >= 11 is 1.17. The molecule has 0 unspecified atom stereocenters. The van der Waals surface area contributed by atoms with Crippen molar-refractivity contribution in [3.63, 3.8) is 0 Å². The number of fused-ring (bicyclic) bond motifs is 1. The van der Waals surface area contributed by atoms with Crippen LogP contribution in [0.3, 0.4) is 0 Å². The van der Waals surface area contributed by atoms with Crippen molar-refractivity contribution < 1.29 is 8.42 Å². The molecule has 0 saturated heterocycles. The van der Waals surface area contributed by atoms with E-state index in [-0.39, 0.29) is 4.34 Å². The van der Waals surface area contributed by atoms with E-state index in [4.69, 9.17) is 0 Å². The summed E-state index contributed by atoms with van der Waals surface area (Å²) in [5.41, 5.74) is 0.632. The van der Waals surface area contributed by atoms with Gasteiger partial charge in [0.05, 0.1) is 10.9 Å². The molecule has 0 bridgehead atoms. The van der Waals surface area contributed by atoms with E-state index < -0.39 is 9.84 Å². The first-order valence-corrected chi connectivity index (χ1v) is 6.19. The number of pyridine rings is 1. The Morgan fingerprint density at radius 1 is 1.46 bits per heavy atom. The molecule has 2 aromatic rings. The van der Waals surface area contributed by atoms with E-state index in [9.17, 15) is 8.42 Å². The van der Waals surface area contributed by atoms with Gasteiger partial charge in [-0.05, 0) is 6.07 Å². The molecule has 0 fully saturated rings. The number of hydrogen-bond acceptors (Lipinski definition) is 5. The minimum atomic E-state index is -3.19. The lowest BCUT2D eigenvalue weighted by Crippen LogP contribution is -1.94. The molecule has 0 radical (unpaired) electrons. The molecule has 13 heavy (non-hydrogen) atoms. The van der Waals surface area contributed by atoms with Gasteiger partial charge in [0.15, 0.2) is 0 Å². The van der Waals surface area contributed by atoms with E-state index in [0.717, 1.165) is 11.0 Å². The summed E-state index contributed by atoms with van der Waals surface area (Å²) in [7, 11) is -3.19. The number of sulfone groups is 1. The minimum Gasteiger partial charge on any atom is -0.262 e. The molecule has 0 spiro atoms. The van der Waals surface area contributed by atoms with Crippen molar-refractivity contribution in [2.24, 2.45) is 0 Å². The highest BCUT2D eigenvalue weighted by atomic mass is 32.2. The molecule has 2 rings (SSSR count). The van der Waals surface area contributed by atoms with Crippen LogP contribution in [0.25, 0.3) is 10.2 Å². The second kappa shape index (κ2) is 2.74. The number of aromatic nitrogens is 2. The normalized spacial score (nSPS) is 12.1. The van der Waals surface area contributed by atoms with Crippen LogP contribution in [-0.4, -0.2) is 24.6 Å². The Morgan fingerprint density at radius 2 is 2.23 bits per heavy atom. The average molecular weight is 214 g/mol. The van der Waals surface area contributed by atoms with Crippen molar-refractivity contribution in [1.82, 2.24) is 9.97 Å². The number of thiazole rings is 1. The van der Waals surface area contributed by atoms with E-state index in [0.29, 0.717) is 5.52 Å². The van der Waals surface area contributed by atoms with E-state index >= 15 is 0 Å². The summed E-state index contributed by atoms with van der Waals surface area (Å²) in [6, 6.07) is 1.75. The van der Waals surface area contributed by atoms with Crippen molar-refractivity contribution in [1.29, 1.82) is 0 Å². The Labute approximate surface area is 79.2 Å². The summed E-state index contributed by atoms with van der Waals surface area (Å²) in [5.74, 6) is 0. The average Bonchev–Trinajstić information content (AvgIpc) is 2.45. The third-order valence-corrected chi connectivity index (χ3v) is 4.20. The van der Waals surface area contributed by atoms with Crippen molar-refractivity contribution in [3.8, 4) is 0 Å². The zero-order chi connectivity index (χ0) is 9.47. The molecule has 0 saturated carbocycles. The Bertz CT molecular complexity index is 511. The van der Waals surface area contributed by atoms with Crippen LogP contribution in [0.15, 0.2) is 22.8 Å². The first-order chi connectivity index (χ1) is 6.07. The maximum absolute atomic E-state index is 11.1. The first-order valence-electron chi connectivity index (χ1n) is 3.48. The number of nitrogens with zero attached hydrogens (tertiary/aromatic N) is 2. The Morgan fingerprint density at radius 3 is 2.85 bits per heavy atom. The molecule has 0 aliphatic rings. The van der Waals surface area contributed by atoms with Gasteiger partial charge in [-0.15, -0.1) is 11.3 Å². The molecule has 6 heteroatoms. The molecular weight excluding hydrogens is 208 g/mol. The van der Waals surface area contributed by atoms with Crippen LogP contribution < -0.4 is 0 Å². The molecule has 4 nitrogen and oxygen atoms in total. The fraction of sp³-hybridized carbons (Fsp3) is 0.143. The van der Waals surface area contributed by atoms with Crippen LogP contribution in [0.1, 0.15) is 0 Å². The Hall–Kier alpha value is -1.01. The van der Waals surface area contributed by atoms with Crippen LogP contribution in [0.5, 0.6) is 0 Å². The molecule has 0 aromatic carbocycles. The lowest BCUT2D eigenvalue weighted by atomic mass is 10.5. The zero-order valence-corrected chi connectivity index (χ0v) is 8.39. The smallest absolute Gasteiger partial charge is 0.210 e. The third-order valence-electron chi connectivity index (χ3n) is 1.49. The molecule has 0 aliphatic heterocycles. The maximum atomic E-state index is 11.1. The van der Waals surface area contributed by atoms with Crippen molar-refractivity contribution in [2.75, 3.05) is 6.26 Å². The van der Waals surface area contributed by atoms with Gasteiger partial charge in [-0.25, -0.2) is 13.4 Å². The maximum Gasteiger partial charge on any atom is 0.210 e. The molecule has 0 atom stereocenters. The molecule has 2 heterocycles. The van der Waals surface area contributed by atoms with Gasteiger partial charge in [0.25, 0.3) is 0 Å². The van der Waals surface area contributed by atoms with Gasteiger partial charge in [-0.1, -0.05) is 0 Å². The van der Waals surface area contributed by atoms with Crippen LogP contribution in [0, 0.1) is 0 Å². The van der Waals surface area contributed by atoms with Gasteiger partial charge in [-0.2, -0.15) is 0 Å². The lowest BCUT2D eigenvalue weighted by molar-refractivity contribution is 0.601. The minimum absolute atomic E-state index is 0.149. The van der Waals surface area contributed by atoms with Crippen molar-refractivity contribution in [2.45, 2.75) is 4.34 Å². The van der Waals surface area contributed by atoms with Crippen LogP contribution in [-0.2, 0) is 9.84 Å². The van der Waals surface area contributed by atoms with E-state index in [2.05, 4.69) is 9.97 Å². The standard InChI is InChI=1S/C7H6N2O2S2/c1-13(10,11)7-9-5-4-8-3-2-6(5)12-7/h2-4H,1H3.